The highest BCUT2D eigenvalue weighted by molar-refractivity contribution is 6.36. The molecule has 2 fully saturated rings. The van der Waals surface area contributed by atoms with Crippen LogP contribution in [0.1, 0.15) is 11.3 Å². The highest BCUT2D eigenvalue weighted by Crippen LogP contribution is 2.37. The van der Waals surface area contributed by atoms with Gasteiger partial charge in [-0.25, -0.2) is 0 Å². The van der Waals surface area contributed by atoms with Crippen LogP contribution in [-0.4, -0.2) is 97.9 Å². The molecule has 0 bridgehead atoms. The minimum Gasteiger partial charge on any atom is -0.461 e. The van der Waals surface area contributed by atoms with Crippen molar-refractivity contribution in [3.8, 4) is 6.01 Å². The van der Waals surface area contributed by atoms with E-state index in [1.807, 2.05) is 17.0 Å². The van der Waals surface area contributed by atoms with Gasteiger partial charge in [-0.05, 0) is 37.1 Å². The van der Waals surface area contributed by atoms with Gasteiger partial charge < -0.3 is 29.1 Å². The predicted octanol–water partition coefficient (Wildman–Crippen LogP) is 3.39. The Bertz CT molecular complexity index is 1400. The summed E-state index contributed by atoms with van der Waals surface area (Å²) in [6.45, 7) is 10.6. The number of halogens is 1. The molecule has 0 N–H and O–H groups in total. The Hall–Kier alpha value is -3.40. The number of carbonyl (C=O) groups is 1. The standard InChI is InChI=1S/C30H35ClN6O3/c1-3-27(38)35-12-14-36(15-13-35)29-23-10-11-37(26-9-5-7-21-6-4-8-24(31)28(21)26)19-25(23)32-30(33-29)40-20-22-18-34(2)16-17-39-22/h3-9,22H,1,10-20H2,2H3/t22-/m1/s1. The molecule has 0 aliphatic carbocycles. The fraction of sp³-hybridized carbons (Fsp3) is 0.433. The second-order valence-corrected chi connectivity index (χ2v) is 11.0. The molecule has 3 aliphatic heterocycles. The number of nitrogens with zero attached hydrogens (tertiary/aromatic N) is 6. The number of ether oxygens (including phenoxy) is 2. The van der Waals surface area contributed by atoms with Gasteiger partial charge in [0.05, 0.1) is 23.9 Å². The molecular weight excluding hydrogens is 528 g/mol. The van der Waals surface area contributed by atoms with Crippen molar-refractivity contribution < 1.29 is 14.3 Å². The summed E-state index contributed by atoms with van der Waals surface area (Å²) in [4.78, 5) is 30.7. The molecule has 0 unspecified atom stereocenters. The van der Waals surface area contributed by atoms with Crippen LogP contribution in [0.5, 0.6) is 6.01 Å². The highest BCUT2D eigenvalue weighted by Gasteiger charge is 2.29. The van der Waals surface area contributed by atoms with E-state index in [4.69, 9.17) is 31.0 Å². The van der Waals surface area contributed by atoms with Crippen LogP contribution in [0.2, 0.25) is 5.02 Å². The summed E-state index contributed by atoms with van der Waals surface area (Å²) in [5, 5.41) is 2.92. The Morgan fingerprint density at radius 2 is 1.90 bits per heavy atom. The summed E-state index contributed by atoms with van der Waals surface area (Å²) in [6.07, 6.45) is 2.16. The van der Waals surface area contributed by atoms with Crippen molar-refractivity contribution in [1.82, 2.24) is 19.8 Å². The Balaban J connectivity index is 1.30. The van der Waals surface area contributed by atoms with Crippen molar-refractivity contribution in [2.45, 2.75) is 19.1 Å². The molecule has 9 nitrogen and oxygen atoms in total. The van der Waals surface area contributed by atoms with Gasteiger partial charge in [-0.1, -0.05) is 42.4 Å². The SMILES string of the molecule is C=CC(=O)N1CCN(c2nc(OC[C@H]3CN(C)CCO3)nc3c2CCN(c2cccc4cccc(Cl)c24)C3)CC1. The van der Waals surface area contributed by atoms with E-state index in [0.717, 1.165) is 64.6 Å². The Labute approximate surface area is 239 Å². The third kappa shape index (κ3) is 5.46. The molecule has 3 aromatic rings. The summed E-state index contributed by atoms with van der Waals surface area (Å²) in [5.41, 5.74) is 3.21. The zero-order chi connectivity index (χ0) is 27.6. The average Bonchev–Trinajstić information content (AvgIpc) is 2.99. The number of carbonyl (C=O) groups excluding carboxylic acids is 1. The number of aromatic nitrogens is 2. The van der Waals surface area contributed by atoms with Crippen LogP contribution >= 0.6 is 11.6 Å². The zero-order valence-corrected chi connectivity index (χ0v) is 23.6. The normalized spacial score (nSPS) is 19.9. The second-order valence-electron chi connectivity index (χ2n) is 10.6. The molecular formula is C30H35ClN6O3. The Morgan fingerprint density at radius 1 is 1.10 bits per heavy atom. The number of anilines is 2. The van der Waals surface area contributed by atoms with E-state index in [-0.39, 0.29) is 12.0 Å². The molecule has 1 aromatic heterocycles. The van der Waals surface area contributed by atoms with Crippen molar-refractivity contribution in [2.24, 2.45) is 0 Å². The van der Waals surface area contributed by atoms with Crippen molar-refractivity contribution in [2.75, 3.05) is 75.9 Å². The van der Waals surface area contributed by atoms with E-state index in [2.05, 4.69) is 52.6 Å². The van der Waals surface area contributed by atoms with E-state index in [1.54, 1.807) is 0 Å². The minimum atomic E-state index is -0.0322. The quantitative estimate of drug-likeness (QED) is 0.423. The average molecular weight is 563 g/mol. The topological polar surface area (TPSA) is 74.3 Å². The van der Waals surface area contributed by atoms with Gasteiger partial charge in [0.15, 0.2) is 0 Å². The molecule has 210 valence electrons. The first-order valence-electron chi connectivity index (χ1n) is 13.9. The fourth-order valence-electron chi connectivity index (χ4n) is 5.86. The van der Waals surface area contributed by atoms with Crippen LogP contribution < -0.4 is 14.5 Å². The molecule has 1 atom stereocenters. The van der Waals surface area contributed by atoms with Crippen molar-refractivity contribution in [1.29, 1.82) is 0 Å². The molecule has 10 heteroatoms. The number of hydrogen-bond acceptors (Lipinski definition) is 8. The molecule has 6 rings (SSSR count). The van der Waals surface area contributed by atoms with Gasteiger partial charge in [-0.15, -0.1) is 0 Å². The lowest BCUT2D eigenvalue weighted by molar-refractivity contribution is -0.126. The maximum Gasteiger partial charge on any atom is 0.318 e. The number of benzene rings is 2. The molecule has 0 spiro atoms. The van der Waals surface area contributed by atoms with Gasteiger partial charge in [0, 0.05) is 62.5 Å². The molecule has 0 saturated carbocycles. The van der Waals surface area contributed by atoms with Crippen LogP contribution in [0.25, 0.3) is 10.8 Å². The fourth-order valence-corrected chi connectivity index (χ4v) is 6.14. The van der Waals surface area contributed by atoms with E-state index in [1.165, 1.54) is 6.08 Å². The highest BCUT2D eigenvalue weighted by atomic mass is 35.5. The van der Waals surface area contributed by atoms with Crippen molar-refractivity contribution in [3.05, 3.63) is 65.3 Å². The number of hydrogen-bond donors (Lipinski definition) is 0. The molecule has 3 aliphatic rings. The third-order valence-electron chi connectivity index (χ3n) is 8.00. The molecule has 1 amide bonds. The van der Waals surface area contributed by atoms with Gasteiger partial charge in [0.2, 0.25) is 5.91 Å². The van der Waals surface area contributed by atoms with Crippen LogP contribution in [0.3, 0.4) is 0 Å². The summed E-state index contributed by atoms with van der Waals surface area (Å²) >= 11 is 6.68. The third-order valence-corrected chi connectivity index (χ3v) is 8.32. The summed E-state index contributed by atoms with van der Waals surface area (Å²) in [7, 11) is 2.09. The van der Waals surface area contributed by atoms with E-state index >= 15 is 0 Å². The lowest BCUT2D eigenvalue weighted by Gasteiger charge is -2.38. The number of amides is 1. The number of morpholine rings is 1. The molecule has 2 aromatic carbocycles. The van der Waals surface area contributed by atoms with Crippen molar-refractivity contribution in [3.63, 3.8) is 0 Å². The zero-order valence-electron chi connectivity index (χ0n) is 22.9. The molecule has 4 heterocycles. The lowest BCUT2D eigenvalue weighted by atomic mass is 10.0. The van der Waals surface area contributed by atoms with E-state index in [9.17, 15) is 4.79 Å². The van der Waals surface area contributed by atoms with Crippen LogP contribution in [-0.2, 0) is 22.5 Å². The van der Waals surface area contributed by atoms with Gasteiger partial charge in [0.25, 0.3) is 0 Å². The number of fused-ring (bicyclic) bond motifs is 2. The first-order valence-corrected chi connectivity index (χ1v) is 14.3. The molecule has 2 saturated heterocycles. The monoisotopic (exact) mass is 562 g/mol. The smallest absolute Gasteiger partial charge is 0.318 e. The van der Waals surface area contributed by atoms with Crippen LogP contribution in [0, 0.1) is 0 Å². The van der Waals surface area contributed by atoms with Gasteiger partial charge in [0.1, 0.15) is 18.5 Å². The summed E-state index contributed by atoms with van der Waals surface area (Å²) < 4.78 is 12.1. The first-order chi connectivity index (χ1) is 19.5. The maximum absolute atomic E-state index is 12.2. The molecule has 40 heavy (non-hydrogen) atoms. The first kappa shape index (κ1) is 26.8. The van der Waals surface area contributed by atoms with Crippen molar-refractivity contribution >= 4 is 39.8 Å². The van der Waals surface area contributed by atoms with Gasteiger partial charge >= 0.3 is 6.01 Å². The second kappa shape index (κ2) is 11.6. The van der Waals surface area contributed by atoms with Gasteiger partial charge in [-0.3, -0.25) is 4.79 Å². The van der Waals surface area contributed by atoms with E-state index < -0.39 is 0 Å². The number of piperazine rings is 1. The van der Waals surface area contributed by atoms with Crippen LogP contribution in [0.15, 0.2) is 49.1 Å². The summed E-state index contributed by atoms with van der Waals surface area (Å²) in [6, 6.07) is 12.7. The van der Waals surface area contributed by atoms with Crippen LogP contribution in [0.4, 0.5) is 11.5 Å². The Kier molecular flexibility index (Phi) is 7.78. The Morgan fingerprint density at radius 3 is 2.67 bits per heavy atom. The largest absolute Gasteiger partial charge is 0.461 e. The van der Waals surface area contributed by atoms with E-state index in [0.29, 0.717) is 51.9 Å². The van der Waals surface area contributed by atoms with Gasteiger partial charge in [-0.2, -0.15) is 9.97 Å². The molecule has 0 radical (unpaired) electrons. The minimum absolute atomic E-state index is 0.0235. The predicted molar refractivity (Wildman–Crippen MR) is 157 cm³/mol. The number of rotatable bonds is 6. The summed E-state index contributed by atoms with van der Waals surface area (Å²) in [5.74, 6) is 0.873. The lowest BCUT2D eigenvalue weighted by Crippen LogP contribution is -2.49. The maximum atomic E-state index is 12.2. The number of likely N-dealkylation sites (N-methyl/N-ethyl adjacent to an activating group) is 1.